The summed E-state index contributed by atoms with van der Waals surface area (Å²) in [6, 6.07) is 6.50. The number of amides is 3. The van der Waals surface area contributed by atoms with Gasteiger partial charge in [0.25, 0.3) is 0 Å². The second kappa shape index (κ2) is 7.85. The van der Waals surface area contributed by atoms with Crippen LogP contribution in [-0.4, -0.2) is 53.5 Å². The van der Waals surface area contributed by atoms with Crippen molar-refractivity contribution in [3.8, 4) is 0 Å². The number of hydrogen-bond donors (Lipinski definition) is 1. The van der Waals surface area contributed by atoms with Gasteiger partial charge in [-0.2, -0.15) is 0 Å². The van der Waals surface area contributed by atoms with Crippen LogP contribution in [0.2, 0.25) is 0 Å². The quantitative estimate of drug-likeness (QED) is 0.910. The zero-order valence-electron chi connectivity index (χ0n) is 14.7. The molecule has 1 aromatic rings. The third-order valence-electron chi connectivity index (χ3n) is 5.09. The molecular weight excluding hydrogens is 321 g/mol. The Morgan fingerprint density at radius 3 is 2.84 bits per heavy atom. The fourth-order valence-electron chi connectivity index (χ4n) is 3.80. The summed E-state index contributed by atoms with van der Waals surface area (Å²) in [5.41, 5.74) is 0.606. The molecule has 3 rings (SSSR count). The van der Waals surface area contributed by atoms with Crippen molar-refractivity contribution < 1.29 is 14.0 Å². The fraction of sp³-hybridized carbons (Fsp3) is 0.579. The molecule has 1 aromatic carbocycles. The van der Waals surface area contributed by atoms with Gasteiger partial charge in [0.1, 0.15) is 5.82 Å². The van der Waals surface area contributed by atoms with E-state index in [2.05, 4.69) is 5.32 Å². The van der Waals surface area contributed by atoms with Gasteiger partial charge in [-0.15, -0.1) is 0 Å². The molecule has 0 saturated carbocycles. The Hall–Kier alpha value is -2.11. The van der Waals surface area contributed by atoms with Gasteiger partial charge in [0, 0.05) is 38.1 Å². The summed E-state index contributed by atoms with van der Waals surface area (Å²) >= 11 is 0. The van der Waals surface area contributed by atoms with Gasteiger partial charge in [-0.3, -0.25) is 4.79 Å². The van der Waals surface area contributed by atoms with Crippen molar-refractivity contribution in [3.63, 3.8) is 0 Å². The van der Waals surface area contributed by atoms with Gasteiger partial charge in [-0.1, -0.05) is 18.2 Å². The lowest BCUT2D eigenvalue weighted by Gasteiger charge is -2.38. The molecule has 0 aromatic heterocycles. The molecule has 2 aliphatic heterocycles. The molecule has 0 bridgehead atoms. The van der Waals surface area contributed by atoms with Crippen LogP contribution in [0.4, 0.5) is 9.18 Å². The number of nitrogens with zero attached hydrogens (tertiary/aromatic N) is 2. The van der Waals surface area contributed by atoms with E-state index in [0.717, 1.165) is 25.8 Å². The highest BCUT2D eigenvalue weighted by atomic mass is 19.1. The molecule has 25 heavy (non-hydrogen) atoms. The van der Waals surface area contributed by atoms with E-state index in [1.54, 1.807) is 23.1 Å². The lowest BCUT2D eigenvalue weighted by molar-refractivity contribution is -0.130. The van der Waals surface area contributed by atoms with Gasteiger partial charge < -0.3 is 15.1 Å². The number of piperidine rings is 1. The Kier molecular flexibility index (Phi) is 5.56. The van der Waals surface area contributed by atoms with Gasteiger partial charge >= 0.3 is 6.03 Å². The molecule has 2 aliphatic rings. The third-order valence-corrected chi connectivity index (χ3v) is 5.09. The van der Waals surface area contributed by atoms with Crippen molar-refractivity contribution in [2.75, 3.05) is 19.6 Å². The van der Waals surface area contributed by atoms with Crippen LogP contribution in [-0.2, 0) is 11.2 Å². The number of carbonyl (C=O) groups is 2. The van der Waals surface area contributed by atoms with Crippen LogP contribution >= 0.6 is 0 Å². The highest BCUT2D eigenvalue weighted by molar-refractivity contribution is 5.79. The minimum Gasteiger partial charge on any atom is -0.338 e. The predicted octanol–water partition coefficient (Wildman–Crippen LogP) is 2.55. The van der Waals surface area contributed by atoms with Crippen LogP contribution in [0.5, 0.6) is 0 Å². The minimum absolute atomic E-state index is 0.125. The number of urea groups is 1. The van der Waals surface area contributed by atoms with Crippen LogP contribution in [0.1, 0.15) is 38.2 Å². The van der Waals surface area contributed by atoms with Crippen molar-refractivity contribution in [1.82, 2.24) is 15.1 Å². The summed E-state index contributed by atoms with van der Waals surface area (Å²) in [6.07, 6.45) is 3.87. The normalized spacial score (nSPS) is 22.2. The van der Waals surface area contributed by atoms with E-state index in [0.29, 0.717) is 31.5 Å². The topological polar surface area (TPSA) is 52.7 Å². The Morgan fingerprint density at radius 2 is 2.12 bits per heavy atom. The van der Waals surface area contributed by atoms with E-state index in [9.17, 15) is 14.0 Å². The molecule has 136 valence electrons. The molecule has 0 spiro atoms. The number of nitrogens with one attached hydrogen (secondary N) is 1. The van der Waals surface area contributed by atoms with Crippen molar-refractivity contribution >= 4 is 11.9 Å². The first-order valence-electron chi connectivity index (χ1n) is 9.13. The van der Waals surface area contributed by atoms with Crippen molar-refractivity contribution in [2.24, 2.45) is 0 Å². The van der Waals surface area contributed by atoms with Crippen LogP contribution in [0.15, 0.2) is 24.3 Å². The molecule has 2 atom stereocenters. The molecule has 5 nitrogen and oxygen atoms in total. The number of rotatable bonds is 4. The number of benzene rings is 1. The molecule has 2 saturated heterocycles. The summed E-state index contributed by atoms with van der Waals surface area (Å²) in [7, 11) is 0. The first-order valence-corrected chi connectivity index (χ1v) is 9.13. The molecule has 6 heteroatoms. The maximum absolute atomic E-state index is 13.7. The lowest BCUT2D eigenvalue weighted by atomic mass is 10.0. The molecule has 0 aliphatic carbocycles. The summed E-state index contributed by atoms with van der Waals surface area (Å²) in [6.45, 7) is 3.99. The van der Waals surface area contributed by atoms with Crippen LogP contribution in [0.3, 0.4) is 0 Å². The fourth-order valence-corrected chi connectivity index (χ4v) is 3.80. The molecule has 0 unspecified atom stereocenters. The summed E-state index contributed by atoms with van der Waals surface area (Å²) in [5.74, 6) is -0.0330. The highest BCUT2D eigenvalue weighted by Crippen LogP contribution is 2.21. The zero-order valence-corrected chi connectivity index (χ0v) is 14.7. The van der Waals surface area contributed by atoms with Gasteiger partial charge in [0.15, 0.2) is 0 Å². The van der Waals surface area contributed by atoms with Gasteiger partial charge in [0.05, 0.1) is 0 Å². The number of carbonyl (C=O) groups excluding carboxylic acids is 2. The second-order valence-corrected chi connectivity index (χ2v) is 7.08. The molecule has 3 amide bonds. The molecular formula is C19H26FN3O2. The van der Waals surface area contributed by atoms with Crippen LogP contribution < -0.4 is 5.32 Å². The third kappa shape index (κ3) is 4.30. The predicted molar refractivity (Wildman–Crippen MR) is 93.6 cm³/mol. The molecule has 2 fully saturated rings. The monoisotopic (exact) mass is 347 g/mol. The molecule has 2 heterocycles. The number of hydrogen-bond acceptors (Lipinski definition) is 2. The second-order valence-electron chi connectivity index (χ2n) is 7.08. The van der Waals surface area contributed by atoms with Gasteiger partial charge in [0.2, 0.25) is 5.91 Å². The van der Waals surface area contributed by atoms with Crippen molar-refractivity contribution in [3.05, 3.63) is 35.6 Å². The SMILES string of the molecule is C[C@@H](Cc1ccccc1F)NC(=O)N1CCC[C@H](N2CCCC2=O)C1. The Bertz CT molecular complexity index is 637. The van der Waals surface area contributed by atoms with E-state index in [1.165, 1.54) is 6.07 Å². The first-order chi connectivity index (χ1) is 12.0. The molecule has 0 radical (unpaired) electrons. The number of halogens is 1. The molecule has 1 N–H and O–H groups in total. The first kappa shape index (κ1) is 17.7. The van der Waals surface area contributed by atoms with E-state index in [1.807, 2.05) is 11.8 Å². The maximum Gasteiger partial charge on any atom is 0.317 e. The van der Waals surface area contributed by atoms with Crippen LogP contribution in [0, 0.1) is 5.82 Å². The smallest absolute Gasteiger partial charge is 0.317 e. The van der Waals surface area contributed by atoms with E-state index in [-0.39, 0.29) is 29.8 Å². The average Bonchev–Trinajstić information content (AvgIpc) is 3.03. The van der Waals surface area contributed by atoms with Gasteiger partial charge in [-0.05, 0) is 44.2 Å². The van der Waals surface area contributed by atoms with Crippen molar-refractivity contribution in [2.45, 2.75) is 51.1 Å². The lowest BCUT2D eigenvalue weighted by Crippen LogP contribution is -2.54. The van der Waals surface area contributed by atoms with E-state index < -0.39 is 0 Å². The Labute approximate surface area is 148 Å². The van der Waals surface area contributed by atoms with E-state index in [4.69, 9.17) is 0 Å². The largest absolute Gasteiger partial charge is 0.338 e. The highest BCUT2D eigenvalue weighted by Gasteiger charge is 2.33. The summed E-state index contributed by atoms with van der Waals surface area (Å²) in [4.78, 5) is 28.2. The summed E-state index contributed by atoms with van der Waals surface area (Å²) in [5, 5.41) is 2.96. The van der Waals surface area contributed by atoms with Crippen LogP contribution in [0.25, 0.3) is 0 Å². The Morgan fingerprint density at radius 1 is 1.32 bits per heavy atom. The van der Waals surface area contributed by atoms with Crippen molar-refractivity contribution in [1.29, 1.82) is 0 Å². The maximum atomic E-state index is 13.7. The van der Waals surface area contributed by atoms with E-state index >= 15 is 0 Å². The Balaban J connectivity index is 1.53. The summed E-state index contributed by atoms with van der Waals surface area (Å²) < 4.78 is 13.7. The van der Waals surface area contributed by atoms with Gasteiger partial charge in [-0.25, -0.2) is 9.18 Å². The minimum atomic E-state index is -0.241. The standard InChI is InChI=1S/C19H26FN3O2/c1-14(12-15-6-2-3-8-17(15)20)21-19(25)22-10-4-7-16(13-22)23-11-5-9-18(23)24/h2-3,6,8,14,16H,4-5,7,9-13H2,1H3,(H,21,25)/t14-,16-/m0/s1. The zero-order chi connectivity index (χ0) is 17.8. The number of likely N-dealkylation sites (tertiary alicyclic amines) is 2. The average molecular weight is 347 g/mol.